The molecule has 0 saturated heterocycles. The van der Waals surface area contributed by atoms with Crippen molar-refractivity contribution in [2.75, 3.05) is 0 Å². The molecule has 1 aromatic carbocycles. The Labute approximate surface area is 96.5 Å². The first-order valence-electron chi connectivity index (χ1n) is 4.94. The number of benzene rings is 1. The Morgan fingerprint density at radius 2 is 1.69 bits per heavy atom. The van der Waals surface area contributed by atoms with Gasteiger partial charge in [-0.25, -0.2) is 13.6 Å². The van der Waals surface area contributed by atoms with E-state index < -0.39 is 10.0 Å². The summed E-state index contributed by atoms with van der Waals surface area (Å²) in [5.74, 6) is 0. The molecule has 0 spiro atoms. The van der Waals surface area contributed by atoms with E-state index in [9.17, 15) is 8.42 Å². The average Bonchev–Trinajstić information content (AvgIpc) is 2.13. The maximum absolute atomic E-state index is 11.0. The van der Waals surface area contributed by atoms with Crippen LogP contribution in [0.5, 0.6) is 0 Å². The SMILES string of the molecule is CC(C)(C)OCc1ccc(S(N)(=O)=O)cc1. The van der Waals surface area contributed by atoms with Crippen molar-refractivity contribution in [3.05, 3.63) is 29.8 Å². The molecule has 0 bridgehead atoms. The van der Waals surface area contributed by atoms with E-state index in [-0.39, 0.29) is 10.5 Å². The van der Waals surface area contributed by atoms with Gasteiger partial charge in [-0.05, 0) is 38.5 Å². The molecule has 0 aliphatic carbocycles. The quantitative estimate of drug-likeness (QED) is 0.877. The second kappa shape index (κ2) is 4.53. The van der Waals surface area contributed by atoms with Crippen LogP contribution >= 0.6 is 0 Å². The van der Waals surface area contributed by atoms with Gasteiger partial charge in [0.1, 0.15) is 0 Å². The van der Waals surface area contributed by atoms with Crippen molar-refractivity contribution in [1.29, 1.82) is 0 Å². The van der Waals surface area contributed by atoms with E-state index in [1.54, 1.807) is 12.1 Å². The molecule has 0 heterocycles. The van der Waals surface area contributed by atoms with E-state index in [1.165, 1.54) is 12.1 Å². The van der Waals surface area contributed by atoms with Gasteiger partial charge < -0.3 is 4.74 Å². The minimum Gasteiger partial charge on any atom is -0.371 e. The van der Waals surface area contributed by atoms with E-state index in [4.69, 9.17) is 9.88 Å². The van der Waals surface area contributed by atoms with Gasteiger partial charge in [0, 0.05) is 0 Å². The molecule has 1 rings (SSSR count). The molecule has 0 fully saturated rings. The van der Waals surface area contributed by atoms with Crippen LogP contribution in [-0.2, 0) is 21.4 Å². The van der Waals surface area contributed by atoms with Gasteiger partial charge in [0.2, 0.25) is 10.0 Å². The van der Waals surface area contributed by atoms with Gasteiger partial charge in [0.05, 0.1) is 17.1 Å². The topological polar surface area (TPSA) is 69.4 Å². The Balaban J connectivity index is 2.73. The number of ether oxygens (including phenoxy) is 1. The zero-order valence-corrected chi connectivity index (χ0v) is 10.5. The highest BCUT2D eigenvalue weighted by molar-refractivity contribution is 7.89. The van der Waals surface area contributed by atoms with Crippen LogP contribution in [0.3, 0.4) is 0 Å². The first kappa shape index (κ1) is 13.2. The Bertz CT molecular complexity index is 443. The summed E-state index contributed by atoms with van der Waals surface area (Å²) in [7, 11) is -3.60. The van der Waals surface area contributed by atoms with Crippen LogP contribution in [-0.4, -0.2) is 14.0 Å². The third-order valence-electron chi connectivity index (χ3n) is 1.92. The van der Waals surface area contributed by atoms with Gasteiger partial charge in [-0.2, -0.15) is 0 Å². The van der Waals surface area contributed by atoms with E-state index >= 15 is 0 Å². The van der Waals surface area contributed by atoms with Crippen molar-refractivity contribution in [2.45, 2.75) is 37.9 Å². The molecule has 5 heteroatoms. The molecule has 1 aromatic rings. The normalized spacial score (nSPS) is 12.8. The Hall–Kier alpha value is -0.910. The van der Waals surface area contributed by atoms with Gasteiger partial charge in [-0.3, -0.25) is 0 Å². The molecule has 0 unspecified atom stereocenters. The molecule has 90 valence electrons. The van der Waals surface area contributed by atoms with Crippen LogP contribution in [0.2, 0.25) is 0 Å². The van der Waals surface area contributed by atoms with Crippen LogP contribution in [0.4, 0.5) is 0 Å². The summed E-state index contributed by atoms with van der Waals surface area (Å²) in [6.45, 7) is 6.34. The predicted octanol–water partition coefficient (Wildman–Crippen LogP) is 1.65. The highest BCUT2D eigenvalue weighted by Crippen LogP contribution is 2.13. The Morgan fingerprint density at radius 1 is 1.19 bits per heavy atom. The number of nitrogens with two attached hydrogens (primary N) is 1. The number of sulfonamides is 1. The molecule has 0 aromatic heterocycles. The fourth-order valence-corrected chi connectivity index (χ4v) is 1.59. The minimum absolute atomic E-state index is 0.118. The van der Waals surface area contributed by atoms with E-state index in [1.807, 2.05) is 20.8 Å². The first-order valence-corrected chi connectivity index (χ1v) is 6.49. The monoisotopic (exact) mass is 243 g/mol. The summed E-state index contributed by atoms with van der Waals surface area (Å²) in [6.07, 6.45) is 0. The Morgan fingerprint density at radius 3 is 2.06 bits per heavy atom. The summed E-state index contributed by atoms with van der Waals surface area (Å²) in [4.78, 5) is 0.118. The molecule has 0 saturated carbocycles. The first-order chi connectivity index (χ1) is 7.18. The predicted molar refractivity (Wildman–Crippen MR) is 62.4 cm³/mol. The fraction of sp³-hybridized carbons (Fsp3) is 0.455. The van der Waals surface area contributed by atoms with E-state index in [0.717, 1.165) is 5.56 Å². The molecule has 0 aliphatic rings. The van der Waals surface area contributed by atoms with E-state index in [0.29, 0.717) is 6.61 Å². The number of hydrogen-bond acceptors (Lipinski definition) is 3. The summed E-state index contributed by atoms with van der Waals surface area (Å²) >= 11 is 0. The van der Waals surface area contributed by atoms with Crippen molar-refractivity contribution in [2.24, 2.45) is 5.14 Å². The lowest BCUT2D eigenvalue weighted by Gasteiger charge is -2.19. The molecule has 2 N–H and O–H groups in total. The van der Waals surface area contributed by atoms with Crippen LogP contribution < -0.4 is 5.14 Å². The molecule has 16 heavy (non-hydrogen) atoms. The maximum atomic E-state index is 11.0. The van der Waals surface area contributed by atoms with Crippen LogP contribution in [0.1, 0.15) is 26.3 Å². The molecule has 0 radical (unpaired) electrons. The van der Waals surface area contributed by atoms with E-state index in [2.05, 4.69) is 0 Å². The molecular weight excluding hydrogens is 226 g/mol. The maximum Gasteiger partial charge on any atom is 0.238 e. The largest absolute Gasteiger partial charge is 0.371 e. The Kier molecular flexibility index (Phi) is 3.72. The van der Waals surface area contributed by atoms with Gasteiger partial charge in [-0.1, -0.05) is 12.1 Å². The highest BCUT2D eigenvalue weighted by Gasteiger charge is 2.11. The zero-order valence-electron chi connectivity index (χ0n) is 9.73. The second-order valence-corrected chi connectivity index (χ2v) is 6.15. The second-order valence-electron chi connectivity index (χ2n) is 4.59. The average molecular weight is 243 g/mol. The summed E-state index contributed by atoms with van der Waals surface area (Å²) < 4.78 is 27.6. The number of primary sulfonamides is 1. The van der Waals surface area contributed by atoms with Crippen molar-refractivity contribution < 1.29 is 13.2 Å². The molecule has 0 amide bonds. The lowest BCUT2D eigenvalue weighted by Crippen LogP contribution is -2.18. The van der Waals surface area contributed by atoms with Gasteiger partial charge >= 0.3 is 0 Å². The standard InChI is InChI=1S/C11H17NO3S/c1-11(2,3)15-8-9-4-6-10(7-5-9)16(12,13)14/h4-7H,8H2,1-3H3,(H2,12,13,14). The van der Waals surface area contributed by atoms with Crippen LogP contribution in [0.25, 0.3) is 0 Å². The smallest absolute Gasteiger partial charge is 0.238 e. The number of hydrogen-bond donors (Lipinski definition) is 1. The molecule has 4 nitrogen and oxygen atoms in total. The number of rotatable bonds is 3. The summed E-state index contributed by atoms with van der Waals surface area (Å²) in [5, 5.41) is 4.99. The molecule has 0 atom stereocenters. The lowest BCUT2D eigenvalue weighted by atomic mass is 10.2. The lowest BCUT2D eigenvalue weighted by molar-refractivity contribution is -0.0149. The third-order valence-corrected chi connectivity index (χ3v) is 2.85. The highest BCUT2D eigenvalue weighted by atomic mass is 32.2. The molecule has 0 aliphatic heterocycles. The van der Waals surface area contributed by atoms with Gasteiger partial charge in [0.25, 0.3) is 0 Å². The van der Waals surface area contributed by atoms with Crippen molar-refractivity contribution in [1.82, 2.24) is 0 Å². The summed E-state index contributed by atoms with van der Waals surface area (Å²) in [6, 6.07) is 6.37. The van der Waals surface area contributed by atoms with Gasteiger partial charge in [0.15, 0.2) is 0 Å². The molecular formula is C11H17NO3S. The van der Waals surface area contributed by atoms with Crippen LogP contribution in [0, 0.1) is 0 Å². The summed E-state index contributed by atoms with van der Waals surface area (Å²) in [5.41, 5.74) is 0.709. The van der Waals surface area contributed by atoms with Crippen molar-refractivity contribution >= 4 is 10.0 Å². The van der Waals surface area contributed by atoms with Gasteiger partial charge in [-0.15, -0.1) is 0 Å². The van der Waals surface area contributed by atoms with Crippen LogP contribution in [0.15, 0.2) is 29.2 Å². The fourth-order valence-electron chi connectivity index (χ4n) is 1.08. The third kappa shape index (κ3) is 4.30. The van der Waals surface area contributed by atoms with Crippen molar-refractivity contribution in [3.8, 4) is 0 Å². The van der Waals surface area contributed by atoms with Crippen molar-refractivity contribution in [3.63, 3.8) is 0 Å². The zero-order chi connectivity index (χ0) is 12.4. The minimum atomic E-state index is -3.60.